The molecular formula is C17H19BrClF2NO5. The van der Waals surface area contributed by atoms with Crippen molar-refractivity contribution in [2.75, 3.05) is 13.7 Å². The van der Waals surface area contributed by atoms with Gasteiger partial charge in [-0.25, -0.2) is 14.0 Å². The van der Waals surface area contributed by atoms with Crippen molar-refractivity contribution in [1.29, 1.82) is 0 Å². The quantitative estimate of drug-likeness (QED) is 0.374. The Morgan fingerprint density at radius 2 is 1.93 bits per heavy atom. The lowest BCUT2D eigenvalue weighted by Crippen LogP contribution is -2.44. The van der Waals surface area contributed by atoms with Gasteiger partial charge in [-0.2, -0.15) is 4.39 Å². The zero-order valence-corrected chi connectivity index (χ0v) is 17.5. The zero-order valence-electron chi connectivity index (χ0n) is 15.1. The molecule has 1 aromatic carbocycles. The van der Waals surface area contributed by atoms with Crippen LogP contribution in [0.2, 0.25) is 5.02 Å². The van der Waals surface area contributed by atoms with Crippen molar-refractivity contribution in [3.05, 3.63) is 27.2 Å². The highest BCUT2D eigenvalue weighted by atomic mass is 79.9. The van der Waals surface area contributed by atoms with Gasteiger partial charge >= 0.3 is 12.1 Å². The van der Waals surface area contributed by atoms with E-state index >= 15 is 0 Å². The summed E-state index contributed by atoms with van der Waals surface area (Å²) >= 11 is 8.65. The third kappa shape index (κ3) is 5.01. The molecule has 1 aromatic rings. The van der Waals surface area contributed by atoms with Crippen molar-refractivity contribution in [3.63, 3.8) is 0 Å². The van der Waals surface area contributed by atoms with E-state index in [4.69, 9.17) is 25.8 Å². The molecule has 6 nitrogen and oxygen atoms in total. The molecule has 0 bridgehead atoms. The largest absolute Gasteiger partial charge is 0.485 e. The molecule has 0 N–H and O–H groups in total. The molecule has 0 aliphatic carbocycles. The number of benzene rings is 1. The second-order valence-electron chi connectivity index (χ2n) is 6.95. The molecule has 0 spiro atoms. The summed E-state index contributed by atoms with van der Waals surface area (Å²) in [5.74, 6) is -3.56. The van der Waals surface area contributed by atoms with Gasteiger partial charge in [-0.05, 0) is 42.8 Å². The molecular weight excluding hydrogens is 452 g/mol. The van der Waals surface area contributed by atoms with Crippen LogP contribution >= 0.6 is 27.5 Å². The van der Waals surface area contributed by atoms with Crippen LogP contribution in [0.1, 0.15) is 27.2 Å². The van der Waals surface area contributed by atoms with Gasteiger partial charge in [-0.1, -0.05) is 11.6 Å². The smallest absolute Gasteiger partial charge is 0.411 e. The van der Waals surface area contributed by atoms with Crippen molar-refractivity contribution in [3.8, 4) is 5.75 Å². The molecule has 1 fully saturated rings. The second-order valence-corrected chi connectivity index (χ2v) is 8.18. The van der Waals surface area contributed by atoms with E-state index in [2.05, 4.69) is 15.9 Å². The van der Waals surface area contributed by atoms with E-state index in [0.717, 1.165) is 4.90 Å². The maximum absolute atomic E-state index is 14.1. The topological polar surface area (TPSA) is 65.1 Å². The monoisotopic (exact) mass is 469 g/mol. The molecule has 1 amide bonds. The number of carbonyl (C=O) groups is 2. The Morgan fingerprint density at radius 1 is 1.30 bits per heavy atom. The van der Waals surface area contributed by atoms with Crippen LogP contribution in [0, 0.1) is 11.6 Å². The van der Waals surface area contributed by atoms with Crippen LogP contribution in [0.15, 0.2) is 10.5 Å². The molecule has 150 valence electrons. The summed E-state index contributed by atoms with van der Waals surface area (Å²) in [6.07, 6.45) is -1.47. The first kappa shape index (κ1) is 21.7. The van der Waals surface area contributed by atoms with Gasteiger partial charge < -0.3 is 14.2 Å². The average Bonchev–Trinajstić information content (AvgIpc) is 2.99. The van der Waals surface area contributed by atoms with Crippen LogP contribution < -0.4 is 4.74 Å². The van der Waals surface area contributed by atoms with Gasteiger partial charge in [0.25, 0.3) is 0 Å². The Bertz CT molecular complexity index is 756. The van der Waals surface area contributed by atoms with E-state index in [1.54, 1.807) is 20.8 Å². The summed E-state index contributed by atoms with van der Waals surface area (Å²) in [5.41, 5.74) is -0.771. The predicted molar refractivity (Wildman–Crippen MR) is 96.8 cm³/mol. The average molecular weight is 471 g/mol. The van der Waals surface area contributed by atoms with E-state index in [0.29, 0.717) is 0 Å². The number of carbonyl (C=O) groups excluding carboxylic acids is 2. The molecule has 0 radical (unpaired) electrons. The minimum atomic E-state index is -1.26. The van der Waals surface area contributed by atoms with Crippen molar-refractivity contribution in [2.45, 2.75) is 44.9 Å². The number of nitrogens with zero attached hydrogens (tertiary/aromatic N) is 1. The fourth-order valence-corrected chi connectivity index (χ4v) is 3.10. The maximum Gasteiger partial charge on any atom is 0.411 e. The molecule has 1 aliphatic rings. The number of hydrogen-bond donors (Lipinski definition) is 0. The Balaban J connectivity index is 2.23. The number of hydrogen-bond acceptors (Lipinski definition) is 5. The third-order valence-electron chi connectivity index (χ3n) is 3.73. The van der Waals surface area contributed by atoms with E-state index in [1.807, 2.05) is 0 Å². The summed E-state index contributed by atoms with van der Waals surface area (Å²) < 4.78 is 43.5. The fraction of sp³-hybridized carbons (Fsp3) is 0.529. The lowest BCUT2D eigenvalue weighted by Gasteiger charge is -2.27. The molecule has 1 heterocycles. The van der Waals surface area contributed by atoms with Gasteiger partial charge in [0.1, 0.15) is 17.7 Å². The first-order valence-corrected chi connectivity index (χ1v) is 9.18. The molecule has 1 saturated heterocycles. The van der Waals surface area contributed by atoms with Crippen LogP contribution in [0.4, 0.5) is 13.6 Å². The molecule has 2 atom stereocenters. The van der Waals surface area contributed by atoms with Crippen LogP contribution in [-0.4, -0.2) is 48.4 Å². The SMILES string of the molecule is COC(=O)[C@@H]1C[C@H](Oc2cc(Br)c(Cl)c(F)c2F)CN1C(=O)OC(C)(C)C. The minimum Gasteiger partial charge on any atom is -0.485 e. The van der Waals surface area contributed by atoms with Crippen molar-refractivity contribution in [2.24, 2.45) is 0 Å². The highest BCUT2D eigenvalue weighted by molar-refractivity contribution is 9.10. The highest BCUT2D eigenvalue weighted by Gasteiger charge is 2.43. The van der Waals surface area contributed by atoms with Crippen LogP contribution in [0.3, 0.4) is 0 Å². The molecule has 2 rings (SSSR count). The summed E-state index contributed by atoms with van der Waals surface area (Å²) in [6.45, 7) is 5.00. The molecule has 1 aliphatic heterocycles. The molecule has 0 saturated carbocycles. The summed E-state index contributed by atoms with van der Waals surface area (Å²) in [4.78, 5) is 25.6. The maximum atomic E-state index is 14.1. The summed E-state index contributed by atoms with van der Waals surface area (Å²) in [6, 6.07) is 0.225. The Morgan fingerprint density at radius 3 is 2.48 bits per heavy atom. The third-order valence-corrected chi connectivity index (χ3v) is 4.95. The first-order valence-electron chi connectivity index (χ1n) is 8.01. The number of methoxy groups -OCH3 is 1. The summed E-state index contributed by atoms with van der Waals surface area (Å²) in [7, 11) is 1.19. The van der Waals surface area contributed by atoms with Crippen molar-refractivity contribution in [1.82, 2.24) is 4.90 Å². The van der Waals surface area contributed by atoms with E-state index < -0.39 is 46.5 Å². The Kier molecular flexibility index (Phi) is 6.57. The van der Waals surface area contributed by atoms with Gasteiger partial charge in [0, 0.05) is 10.9 Å². The number of halogens is 4. The Labute approximate surface area is 168 Å². The van der Waals surface area contributed by atoms with Gasteiger partial charge in [0.15, 0.2) is 11.6 Å². The molecule has 0 unspecified atom stereocenters. The number of likely N-dealkylation sites (tertiary alicyclic amines) is 1. The predicted octanol–water partition coefficient (Wildman–Crippen LogP) is 4.31. The minimum absolute atomic E-state index is 0.0349. The van der Waals surface area contributed by atoms with Crippen LogP contribution in [-0.2, 0) is 14.3 Å². The molecule has 10 heteroatoms. The van der Waals surface area contributed by atoms with Crippen molar-refractivity contribution >= 4 is 39.6 Å². The van der Waals surface area contributed by atoms with Crippen molar-refractivity contribution < 1.29 is 32.6 Å². The highest BCUT2D eigenvalue weighted by Crippen LogP contribution is 2.35. The van der Waals surface area contributed by atoms with E-state index in [9.17, 15) is 18.4 Å². The lowest BCUT2D eigenvalue weighted by molar-refractivity contribution is -0.145. The Hall–Kier alpha value is -1.61. The number of amides is 1. The second kappa shape index (κ2) is 8.18. The fourth-order valence-electron chi connectivity index (χ4n) is 2.58. The normalized spacial score (nSPS) is 19.8. The van der Waals surface area contributed by atoms with Gasteiger partial charge in [-0.15, -0.1) is 0 Å². The lowest BCUT2D eigenvalue weighted by atomic mass is 10.2. The van der Waals surface area contributed by atoms with E-state index in [-0.39, 0.29) is 23.2 Å². The first-order chi connectivity index (χ1) is 12.4. The molecule has 27 heavy (non-hydrogen) atoms. The molecule has 0 aromatic heterocycles. The number of ether oxygens (including phenoxy) is 3. The van der Waals surface area contributed by atoms with Gasteiger partial charge in [-0.3, -0.25) is 4.90 Å². The standard InChI is InChI=1S/C17H19BrClF2NO5/c1-17(2,3)27-16(24)22-7-8(5-10(22)15(23)25-4)26-11-6-9(18)12(19)14(21)13(11)20/h6,8,10H,5,7H2,1-4H3/t8-,10-/m0/s1. The van der Waals surface area contributed by atoms with Crippen LogP contribution in [0.25, 0.3) is 0 Å². The number of rotatable bonds is 3. The van der Waals surface area contributed by atoms with Crippen LogP contribution in [0.5, 0.6) is 5.75 Å². The van der Waals surface area contributed by atoms with Gasteiger partial charge in [0.05, 0.1) is 18.7 Å². The van der Waals surface area contributed by atoms with Gasteiger partial charge in [0.2, 0.25) is 5.82 Å². The summed E-state index contributed by atoms with van der Waals surface area (Å²) in [5, 5.41) is -0.408. The zero-order chi connectivity index (χ0) is 20.5. The van der Waals surface area contributed by atoms with E-state index in [1.165, 1.54) is 13.2 Å². The number of esters is 1.